The monoisotopic (exact) mass is 240 g/mol. The predicted molar refractivity (Wildman–Crippen MR) is 63.9 cm³/mol. The van der Waals surface area contributed by atoms with Crippen LogP contribution in [0.5, 0.6) is 5.88 Å². The van der Waals surface area contributed by atoms with E-state index >= 15 is 0 Å². The molecule has 1 rings (SSSR count). The van der Waals surface area contributed by atoms with Gasteiger partial charge in [0.15, 0.2) is 0 Å². The number of aromatic nitrogens is 2. The second kappa shape index (κ2) is 5.93. The maximum absolute atomic E-state index is 10.4. The van der Waals surface area contributed by atoms with Gasteiger partial charge in [-0.05, 0) is 12.8 Å². The topological polar surface area (TPSA) is 64.5 Å². The number of hydrogen-bond acceptors (Lipinski definition) is 5. The lowest BCUT2D eigenvalue weighted by Crippen LogP contribution is -2.38. The Kier molecular flexibility index (Phi) is 4.84. The van der Waals surface area contributed by atoms with Crippen molar-refractivity contribution in [3.8, 4) is 5.88 Å². The highest BCUT2D eigenvalue weighted by molar-refractivity contribution is 5.22. The molecular formula is C12H20N2O3. The van der Waals surface area contributed by atoms with Gasteiger partial charge in [0.1, 0.15) is 11.8 Å². The molecule has 0 bridgehead atoms. The molecule has 1 atom stereocenters. The molecule has 1 unspecified atom stereocenters. The molecule has 17 heavy (non-hydrogen) atoms. The van der Waals surface area contributed by atoms with Crippen molar-refractivity contribution in [3.05, 3.63) is 18.1 Å². The summed E-state index contributed by atoms with van der Waals surface area (Å²) >= 11 is 0. The first-order valence-corrected chi connectivity index (χ1v) is 5.73. The highest BCUT2D eigenvalue weighted by Gasteiger charge is 2.38. The van der Waals surface area contributed by atoms with Gasteiger partial charge in [-0.2, -0.15) is 0 Å². The molecule has 0 fully saturated rings. The summed E-state index contributed by atoms with van der Waals surface area (Å²) < 4.78 is 10.6. The van der Waals surface area contributed by atoms with Crippen LogP contribution in [-0.4, -0.2) is 34.9 Å². The maximum atomic E-state index is 10.4. The number of nitrogens with zero attached hydrogens (tertiary/aromatic N) is 2. The molecule has 1 heterocycles. The largest absolute Gasteiger partial charge is 0.480 e. The van der Waals surface area contributed by atoms with Crippen LogP contribution in [-0.2, 0) is 4.74 Å². The molecule has 0 aliphatic carbocycles. The van der Waals surface area contributed by atoms with Gasteiger partial charge < -0.3 is 14.6 Å². The van der Waals surface area contributed by atoms with E-state index in [0.717, 1.165) is 0 Å². The molecular weight excluding hydrogens is 220 g/mol. The zero-order chi connectivity index (χ0) is 12.9. The predicted octanol–water partition coefficient (Wildman–Crippen LogP) is 1.72. The average molecular weight is 240 g/mol. The van der Waals surface area contributed by atoms with Gasteiger partial charge in [0.25, 0.3) is 0 Å². The summed E-state index contributed by atoms with van der Waals surface area (Å²) in [7, 11) is 3.10. The van der Waals surface area contributed by atoms with Gasteiger partial charge >= 0.3 is 0 Å². The molecule has 96 valence electrons. The van der Waals surface area contributed by atoms with Crippen molar-refractivity contribution in [2.24, 2.45) is 0 Å². The first-order chi connectivity index (χ1) is 8.15. The van der Waals surface area contributed by atoms with Crippen LogP contribution in [0.2, 0.25) is 0 Å². The van der Waals surface area contributed by atoms with Gasteiger partial charge in [0, 0.05) is 19.5 Å². The Bertz CT molecular complexity index is 345. The van der Waals surface area contributed by atoms with Crippen molar-refractivity contribution in [1.82, 2.24) is 9.97 Å². The zero-order valence-electron chi connectivity index (χ0n) is 10.8. The van der Waals surface area contributed by atoms with E-state index in [4.69, 9.17) is 9.47 Å². The molecule has 0 radical (unpaired) electrons. The van der Waals surface area contributed by atoms with Crippen molar-refractivity contribution < 1.29 is 14.6 Å². The van der Waals surface area contributed by atoms with Gasteiger partial charge in [-0.3, -0.25) is 4.98 Å². The summed E-state index contributed by atoms with van der Waals surface area (Å²) in [6, 6.07) is 0. The maximum Gasteiger partial charge on any atom is 0.238 e. The summed E-state index contributed by atoms with van der Waals surface area (Å²) in [5, 5.41) is 10.4. The third-order valence-corrected chi connectivity index (χ3v) is 3.25. The van der Waals surface area contributed by atoms with Crippen LogP contribution in [0.15, 0.2) is 12.4 Å². The third kappa shape index (κ3) is 2.56. The van der Waals surface area contributed by atoms with E-state index in [9.17, 15) is 5.11 Å². The van der Waals surface area contributed by atoms with Crippen LogP contribution in [0.3, 0.4) is 0 Å². The molecule has 5 heteroatoms. The highest BCUT2D eigenvalue weighted by Crippen LogP contribution is 2.36. The first-order valence-electron chi connectivity index (χ1n) is 5.73. The van der Waals surface area contributed by atoms with E-state index in [2.05, 4.69) is 9.97 Å². The van der Waals surface area contributed by atoms with Gasteiger partial charge in [-0.1, -0.05) is 13.8 Å². The molecule has 0 spiro atoms. The molecule has 0 saturated heterocycles. The van der Waals surface area contributed by atoms with Crippen LogP contribution in [0.1, 0.15) is 38.5 Å². The van der Waals surface area contributed by atoms with Gasteiger partial charge in [0.05, 0.1) is 12.7 Å². The Hall–Kier alpha value is -1.20. The van der Waals surface area contributed by atoms with Crippen LogP contribution in [0, 0.1) is 0 Å². The van der Waals surface area contributed by atoms with E-state index in [1.165, 1.54) is 19.5 Å². The molecule has 0 aliphatic rings. The quantitative estimate of drug-likeness (QED) is 0.820. The molecule has 0 aliphatic heterocycles. The van der Waals surface area contributed by atoms with Crippen molar-refractivity contribution in [3.63, 3.8) is 0 Å². The average Bonchev–Trinajstić information content (AvgIpc) is 2.41. The summed E-state index contributed by atoms with van der Waals surface area (Å²) in [5.41, 5.74) is -0.232. The lowest BCUT2D eigenvalue weighted by molar-refractivity contribution is -0.112. The lowest BCUT2D eigenvalue weighted by Gasteiger charge is -2.34. The SMILES string of the molecule is CCC(CC)(OC)C(O)c1nccnc1OC. The summed E-state index contributed by atoms with van der Waals surface area (Å²) in [6.07, 6.45) is 3.57. The fraction of sp³-hybridized carbons (Fsp3) is 0.667. The van der Waals surface area contributed by atoms with Gasteiger partial charge in [-0.25, -0.2) is 4.98 Å². The van der Waals surface area contributed by atoms with Crippen molar-refractivity contribution in [2.75, 3.05) is 14.2 Å². The van der Waals surface area contributed by atoms with Crippen LogP contribution in [0.4, 0.5) is 0 Å². The Morgan fingerprint density at radius 1 is 1.24 bits per heavy atom. The number of rotatable bonds is 6. The van der Waals surface area contributed by atoms with E-state index < -0.39 is 11.7 Å². The summed E-state index contributed by atoms with van der Waals surface area (Å²) in [5.74, 6) is 0.336. The normalized spacial score (nSPS) is 13.5. The number of methoxy groups -OCH3 is 2. The van der Waals surface area contributed by atoms with E-state index in [-0.39, 0.29) is 0 Å². The van der Waals surface area contributed by atoms with E-state index in [0.29, 0.717) is 24.4 Å². The molecule has 5 nitrogen and oxygen atoms in total. The fourth-order valence-electron chi connectivity index (χ4n) is 1.97. The van der Waals surface area contributed by atoms with Crippen molar-refractivity contribution >= 4 is 0 Å². The minimum absolute atomic E-state index is 0.336. The fourth-order valence-corrected chi connectivity index (χ4v) is 1.97. The minimum atomic E-state index is -0.855. The summed E-state index contributed by atoms with van der Waals surface area (Å²) in [4.78, 5) is 8.18. The highest BCUT2D eigenvalue weighted by atomic mass is 16.5. The Balaban J connectivity index is 3.13. The van der Waals surface area contributed by atoms with Gasteiger partial charge in [0.2, 0.25) is 5.88 Å². The second-order valence-electron chi connectivity index (χ2n) is 3.83. The number of hydrogen-bond donors (Lipinski definition) is 1. The van der Waals surface area contributed by atoms with E-state index in [1.807, 2.05) is 13.8 Å². The van der Waals surface area contributed by atoms with Crippen LogP contribution >= 0.6 is 0 Å². The second-order valence-corrected chi connectivity index (χ2v) is 3.83. The smallest absolute Gasteiger partial charge is 0.238 e. The van der Waals surface area contributed by atoms with Crippen LogP contribution in [0.25, 0.3) is 0 Å². The van der Waals surface area contributed by atoms with E-state index in [1.54, 1.807) is 7.11 Å². The Morgan fingerprint density at radius 3 is 2.29 bits per heavy atom. The molecule has 0 aromatic carbocycles. The minimum Gasteiger partial charge on any atom is -0.480 e. The Morgan fingerprint density at radius 2 is 1.82 bits per heavy atom. The molecule has 1 aromatic heterocycles. The van der Waals surface area contributed by atoms with Gasteiger partial charge in [-0.15, -0.1) is 0 Å². The Labute approximate surface area is 102 Å². The molecule has 0 amide bonds. The first kappa shape index (κ1) is 13.9. The summed E-state index contributed by atoms with van der Waals surface area (Å²) in [6.45, 7) is 3.94. The zero-order valence-corrected chi connectivity index (χ0v) is 10.8. The number of ether oxygens (including phenoxy) is 2. The molecule has 1 N–H and O–H groups in total. The third-order valence-electron chi connectivity index (χ3n) is 3.25. The van der Waals surface area contributed by atoms with Crippen molar-refractivity contribution in [1.29, 1.82) is 0 Å². The van der Waals surface area contributed by atoms with Crippen molar-refractivity contribution in [2.45, 2.75) is 38.4 Å². The standard InChI is InChI=1S/C12H20N2O3/c1-5-12(6-2,17-4)10(15)9-11(16-3)14-8-7-13-9/h7-8,10,15H,5-6H2,1-4H3. The number of aliphatic hydroxyl groups is 1. The lowest BCUT2D eigenvalue weighted by atomic mass is 9.88. The van der Waals surface area contributed by atoms with Crippen LogP contribution < -0.4 is 4.74 Å². The molecule has 0 saturated carbocycles. The molecule has 1 aromatic rings. The number of aliphatic hydroxyl groups excluding tert-OH is 1.